The number of pyridine rings is 1. The van der Waals surface area contributed by atoms with Crippen LogP contribution in [0.15, 0.2) is 42.6 Å². The van der Waals surface area contributed by atoms with Crippen LogP contribution in [-0.2, 0) is 17.4 Å². The van der Waals surface area contributed by atoms with Gasteiger partial charge in [-0.3, -0.25) is 9.78 Å². The summed E-state index contributed by atoms with van der Waals surface area (Å²) in [7, 11) is 1.64. The number of benzene rings is 1. The lowest BCUT2D eigenvalue weighted by molar-refractivity contribution is -0.207. The smallest absolute Gasteiger partial charge is 0.251 e. The highest BCUT2D eigenvalue weighted by molar-refractivity contribution is 5.94. The van der Waals surface area contributed by atoms with Crippen LogP contribution in [0.1, 0.15) is 66.7 Å². The van der Waals surface area contributed by atoms with Gasteiger partial charge in [-0.1, -0.05) is 19.1 Å². The molecule has 3 unspecified atom stereocenters. The summed E-state index contributed by atoms with van der Waals surface area (Å²) in [6.45, 7) is 3.90. The fraction of sp³-hybridized carbons (Fsp3) is 0.500. The van der Waals surface area contributed by atoms with Crippen molar-refractivity contribution in [3.8, 4) is 0 Å². The molecule has 29 heavy (non-hydrogen) atoms. The number of rotatable bonds is 3. The average molecular weight is 395 g/mol. The minimum Gasteiger partial charge on any atom is -0.387 e. The van der Waals surface area contributed by atoms with E-state index in [1.165, 1.54) is 11.1 Å². The van der Waals surface area contributed by atoms with E-state index in [1.807, 2.05) is 24.3 Å². The third kappa shape index (κ3) is 2.90. The van der Waals surface area contributed by atoms with Gasteiger partial charge in [0.05, 0.1) is 11.3 Å². The Labute approximate surface area is 172 Å². The normalized spacial score (nSPS) is 33.5. The molecule has 1 amide bonds. The van der Waals surface area contributed by atoms with E-state index in [0.717, 1.165) is 19.3 Å². The number of carbonyl (C=O) groups excluding carboxylic acids is 1. The molecule has 0 saturated heterocycles. The van der Waals surface area contributed by atoms with Gasteiger partial charge in [-0.25, -0.2) is 0 Å². The minimum absolute atomic E-state index is 0.0827. The van der Waals surface area contributed by atoms with Crippen LogP contribution in [0.4, 0.5) is 0 Å². The number of nitrogens with one attached hydrogen (secondary N) is 1. The zero-order chi connectivity index (χ0) is 20.9. The van der Waals surface area contributed by atoms with Crippen molar-refractivity contribution in [2.24, 2.45) is 5.92 Å². The Balaban J connectivity index is 1.79. The van der Waals surface area contributed by atoms with Gasteiger partial charge in [-0.2, -0.15) is 0 Å². The van der Waals surface area contributed by atoms with Crippen molar-refractivity contribution in [2.45, 2.75) is 62.6 Å². The molecule has 3 N–H and O–H groups in total. The Morgan fingerprint density at radius 1 is 1.28 bits per heavy atom. The van der Waals surface area contributed by atoms with E-state index in [4.69, 9.17) is 0 Å². The zero-order valence-corrected chi connectivity index (χ0v) is 17.4. The van der Waals surface area contributed by atoms with Crippen molar-refractivity contribution in [3.05, 3.63) is 65.0 Å². The monoisotopic (exact) mass is 394 g/mol. The number of aliphatic hydroxyl groups is 2. The number of aromatic nitrogens is 1. The fourth-order valence-electron chi connectivity index (χ4n) is 5.86. The lowest BCUT2D eigenvalue weighted by atomic mass is 9.49. The first-order valence-corrected chi connectivity index (χ1v) is 10.5. The Bertz CT molecular complexity index is 927. The lowest BCUT2D eigenvalue weighted by Crippen LogP contribution is -2.62. The highest BCUT2D eigenvalue weighted by atomic mass is 16.4. The number of aryl methyl sites for hydroxylation is 1. The molecule has 5 nitrogen and oxygen atoms in total. The fourth-order valence-corrected chi connectivity index (χ4v) is 5.86. The molecule has 2 aliphatic carbocycles. The molecule has 0 spiro atoms. The summed E-state index contributed by atoms with van der Waals surface area (Å²) in [5.74, 6) is 0.152. The highest BCUT2D eigenvalue weighted by Crippen LogP contribution is 2.59. The molecule has 1 saturated carbocycles. The van der Waals surface area contributed by atoms with Gasteiger partial charge in [0.25, 0.3) is 5.91 Å². The van der Waals surface area contributed by atoms with Crippen LogP contribution in [0.2, 0.25) is 0 Å². The standard InChI is InChI=1S/C24H30N2O3/c1-4-23-15-22(2,28)24(29,20-7-5-6-12-26-20)14-18(23)10-8-16-13-17(21(27)25-3)9-11-19(16)23/h5-7,9,11-13,18,28-29H,4,8,10,14-15H2,1-3H3,(H,25,27)/t18-,22?,23?,24?/m1/s1. The number of amides is 1. The first-order chi connectivity index (χ1) is 13.8. The van der Waals surface area contributed by atoms with Crippen LogP contribution in [0.5, 0.6) is 0 Å². The second-order valence-electron chi connectivity index (χ2n) is 8.93. The van der Waals surface area contributed by atoms with Crippen molar-refractivity contribution in [1.29, 1.82) is 0 Å². The first kappa shape index (κ1) is 20.0. The molecular weight excluding hydrogens is 364 g/mol. The van der Waals surface area contributed by atoms with Gasteiger partial charge >= 0.3 is 0 Å². The summed E-state index contributed by atoms with van der Waals surface area (Å²) in [5.41, 5.74) is 0.688. The molecule has 154 valence electrons. The van der Waals surface area contributed by atoms with Gasteiger partial charge in [0.2, 0.25) is 0 Å². The van der Waals surface area contributed by atoms with Crippen LogP contribution < -0.4 is 5.32 Å². The highest BCUT2D eigenvalue weighted by Gasteiger charge is 2.61. The van der Waals surface area contributed by atoms with Crippen molar-refractivity contribution in [3.63, 3.8) is 0 Å². The summed E-state index contributed by atoms with van der Waals surface area (Å²) in [4.78, 5) is 16.5. The van der Waals surface area contributed by atoms with Crippen molar-refractivity contribution < 1.29 is 15.0 Å². The maximum atomic E-state index is 12.1. The third-order valence-corrected chi connectivity index (χ3v) is 7.49. The maximum Gasteiger partial charge on any atom is 0.251 e. The van der Waals surface area contributed by atoms with E-state index in [1.54, 1.807) is 26.2 Å². The molecule has 4 rings (SSSR count). The second kappa shape index (κ2) is 6.92. The van der Waals surface area contributed by atoms with E-state index >= 15 is 0 Å². The average Bonchev–Trinajstić information content (AvgIpc) is 2.74. The topological polar surface area (TPSA) is 82.5 Å². The molecule has 4 atom stereocenters. The van der Waals surface area contributed by atoms with E-state index < -0.39 is 11.2 Å². The predicted molar refractivity (Wildman–Crippen MR) is 112 cm³/mol. The van der Waals surface area contributed by atoms with Crippen LogP contribution in [0.3, 0.4) is 0 Å². The Kier molecular flexibility index (Phi) is 4.79. The molecule has 2 aliphatic rings. The van der Waals surface area contributed by atoms with E-state index in [9.17, 15) is 15.0 Å². The molecule has 1 aromatic carbocycles. The number of hydrogen-bond donors (Lipinski definition) is 3. The van der Waals surface area contributed by atoms with Gasteiger partial charge in [0, 0.05) is 24.2 Å². The second-order valence-corrected chi connectivity index (χ2v) is 8.93. The van der Waals surface area contributed by atoms with Crippen LogP contribution in [0.25, 0.3) is 0 Å². The number of carbonyl (C=O) groups is 1. The van der Waals surface area contributed by atoms with Gasteiger partial charge in [0.15, 0.2) is 0 Å². The van der Waals surface area contributed by atoms with Crippen LogP contribution in [0, 0.1) is 5.92 Å². The van der Waals surface area contributed by atoms with Crippen molar-refractivity contribution >= 4 is 5.91 Å². The molecule has 1 heterocycles. The maximum absolute atomic E-state index is 12.1. The largest absolute Gasteiger partial charge is 0.387 e. The summed E-state index contributed by atoms with van der Waals surface area (Å²) >= 11 is 0. The van der Waals surface area contributed by atoms with E-state index in [2.05, 4.69) is 23.3 Å². The van der Waals surface area contributed by atoms with Gasteiger partial charge in [0.1, 0.15) is 5.60 Å². The first-order valence-electron chi connectivity index (χ1n) is 10.5. The number of hydrogen-bond acceptors (Lipinski definition) is 4. The van der Waals surface area contributed by atoms with E-state index in [-0.39, 0.29) is 17.2 Å². The molecule has 1 aromatic heterocycles. The number of fused-ring (bicyclic) bond motifs is 3. The summed E-state index contributed by atoms with van der Waals surface area (Å²) in [5, 5.41) is 25.9. The number of nitrogens with zero attached hydrogens (tertiary/aromatic N) is 1. The summed E-state index contributed by atoms with van der Waals surface area (Å²) < 4.78 is 0. The van der Waals surface area contributed by atoms with Gasteiger partial charge in [-0.05, 0) is 80.3 Å². The molecule has 1 fully saturated rings. The van der Waals surface area contributed by atoms with Crippen molar-refractivity contribution in [2.75, 3.05) is 7.05 Å². The molecule has 0 bridgehead atoms. The third-order valence-electron chi connectivity index (χ3n) is 7.49. The Morgan fingerprint density at radius 2 is 2.07 bits per heavy atom. The molecule has 0 radical (unpaired) electrons. The van der Waals surface area contributed by atoms with Crippen molar-refractivity contribution in [1.82, 2.24) is 10.3 Å². The van der Waals surface area contributed by atoms with Crippen LogP contribution >= 0.6 is 0 Å². The van der Waals surface area contributed by atoms with Gasteiger partial charge in [-0.15, -0.1) is 0 Å². The quantitative estimate of drug-likeness (QED) is 0.747. The van der Waals surface area contributed by atoms with E-state index in [0.29, 0.717) is 24.1 Å². The van der Waals surface area contributed by atoms with Gasteiger partial charge < -0.3 is 15.5 Å². The molecular formula is C24H30N2O3. The molecule has 2 aromatic rings. The Hall–Kier alpha value is -2.24. The molecule has 5 heteroatoms. The SMILES string of the molecule is CCC12CC(C)(O)C(O)(c3ccccn3)C[C@H]1CCc1cc(C(=O)NC)ccc12. The minimum atomic E-state index is -1.38. The van der Waals surface area contributed by atoms with Crippen LogP contribution in [-0.4, -0.2) is 33.8 Å². The molecule has 0 aliphatic heterocycles. The Morgan fingerprint density at radius 3 is 2.72 bits per heavy atom. The zero-order valence-electron chi connectivity index (χ0n) is 17.4. The predicted octanol–water partition coefficient (Wildman–Crippen LogP) is 3.08. The summed E-state index contributed by atoms with van der Waals surface area (Å²) in [6, 6.07) is 11.4. The summed E-state index contributed by atoms with van der Waals surface area (Å²) in [6.07, 6.45) is 5.26. The lowest BCUT2D eigenvalue weighted by Gasteiger charge is -2.58.